The minimum absolute atomic E-state index is 0.0115. The number of rotatable bonds is 33. The zero-order valence-corrected chi connectivity index (χ0v) is 43.2. The molecule has 8 unspecified atom stereocenters. The Hall–Kier alpha value is -3.39. The van der Waals surface area contributed by atoms with Crippen LogP contribution in [0, 0.1) is 29.6 Å². The highest BCUT2D eigenvalue weighted by atomic mass is 32.1. The molecule has 2 aromatic rings. The molecule has 0 aliphatic carbocycles. The van der Waals surface area contributed by atoms with Gasteiger partial charge in [-0.05, 0) is 138 Å². The standard InChI is InChI=1S/C54H88N4O7S/c1-35(2)29-45(55-9)53(64)57(11)47(31-38(5)24-27-40(7)66)51(62)41(8)50(49(61)34-43-21-17-14-18-22-43)52(63)48(32-37(4)23-26-39(6)59)58(12)54(65)46(56-10)30-36(3)25-28-44(60)33-42-19-15-13-16-20-42/h13-22,35-40,44-50,55-56,59-61,66H,8,23-34H2,1-7,9-12H3/t36?,37?,38?,39?,40?,44?,45-,46-,47-,48-,49?,50?/m0/s1. The fourth-order valence-corrected chi connectivity index (χ4v) is 9.19. The van der Waals surface area contributed by atoms with Crippen LogP contribution in [0.2, 0.25) is 0 Å². The van der Waals surface area contributed by atoms with E-state index in [0.29, 0.717) is 51.4 Å². The van der Waals surface area contributed by atoms with Gasteiger partial charge in [0, 0.05) is 19.7 Å². The lowest BCUT2D eigenvalue weighted by Crippen LogP contribution is -2.55. The summed E-state index contributed by atoms with van der Waals surface area (Å²) in [7, 11) is 6.70. The summed E-state index contributed by atoms with van der Waals surface area (Å²) >= 11 is 4.58. The Balaban J connectivity index is 2.63. The van der Waals surface area contributed by atoms with Gasteiger partial charge in [-0.25, -0.2) is 0 Å². The van der Waals surface area contributed by atoms with Gasteiger partial charge in [0.1, 0.15) is 0 Å². The number of hydrogen-bond donors (Lipinski definition) is 6. The van der Waals surface area contributed by atoms with Crippen LogP contribution in [-0.4, -0.2) is 124 Å². The predicted octanol–water partition coefficient (Wildman–Crippen LogP) is 7.50. The fraction of sp³-hybridized carbons (Fsp3) is 0.667. The molecule has 0 aliphatic rings. The molecule has 0 spiro atoms. The monoisotopic (exact) mass is 937 g/mol. The van der Waals surface area contributed by atoms with E-state index in [-0.39, 0.29) is 59.2 Å². The largest absolute Gasteiger partial charge is 0.393 e. The molecule has 2 amide bonds. The van der Waals surface area contributed by atoms with Crippen LogP contribution in [0.5, 0.6) is 0 Å². The number of carbonyl (C=O) groups is 4. The Kier molecular flexibility index (Phi) is 26.9. The Morgan fingerprint density at radius 2 is 1.05 bits per heavy atom. The van der Waals surface area contributed by atoms with E-state index >= 15 is 9.59 Å². The molecule has 5 N–H and O–H groups in total. The van der Waals surface area contributed by atoms with Crippen LogP contribution in [0.3, 0.4) is 0 Å². The van der Waals surface area contributed by atoms with Crippen LogP contribution >= 0.6 is 12.6 Å². The van der Waals surface area contributed by atoms with Gasteiger partial charge in [0.15, 0.2) is 11.6 Å². The summed E-state index contributed by atoms with van der Waals surface area (Å²) in [6.07, 6.45) is 3.59. The maximum Gasteiger partial charge on any atom is 0.240 e. The molecule has 0 aromatic heterocycles. The average molecular weight is 937 g/mol. The van der Waals surface area contributed by atoms with Crippen molar-refractivity contribution in [2.45, 2.75) is 173 Å². The van der Waals surface area contributed by atoms with Gasteiger partial charge in [0.25, 0.3) is 0 Å². The van der Waals surface area contributed by atoms with Crippen LogP contribution in [0.1, 0.15) is 124 Å². The molecule has 0 saturated heterocycles. The topological polar surface area (TPSA) is 160 Å². The summed E-state index contributed by atoms with van der Waals surface area (Å²) in [6.45, 7) is 18.2. The Bertz CT molecular complexity index is 1740. The summed E-state index contributed by atoms with van der Waals surface area (Å²) in [4.78, 5) is 62.5. The number of nitrogens with one attached hydrogen (secondary N) is 2. The van der Waals surface area contributed by atoms with E-state index in [2.05, 4.69) is 36.8 Å². The molecule has 0 saturated carbocycles. The number of Topliss-reactive ketones (excluding diaryl/α,β-unsaturated/α-hetero) is 2. The molecule has 372 valence electrons. The lowest BCUT2D eigenvalue weighted by atomic mass is 9.77. The summed E-state index contributed by atoms with van der Waals surface area (Å²) in [5.74, 6) is -2.79. The molecule has 66 heavy (non-hydrogen) atoms. The lowest BCUT2D eigenvalue weighted by molar-refractivity contribution is -0.144. The predicted molar refractivity (Wildman–Crippen MR) is 272 cm³/mol. The fourth-order valence-electron chi connectivity index (χ4n) is 9.04. The number of carbonyl (C=O) groups excluding carboxylic acids is 4. The van der Waals surface area contributed by atoms with Crippen molar-refractivity contribution in [3.63, 3.8) is 0 Å². The Labute approximate surface area is 404 Å². The number of ketones is 2. The second-order valence-corrected chi connectivity index (χ2v) is 20.9. The molecule has 12 heteroatoms. The number of amides is 2. The first-order chi connectivity index (χ1) is 31.1. The summed E-state index contributed by atoms with van der Waals surface area (Å²) < 4.78 is 0. The molecule has 2 rings (SSSR count). The molecule has 0 radical (unpaired) electrons. The zero-order chi connectivity index (χ0) is 49.7. The number of aliphatic hydroxyl groups is 3. The number of aliphatic hydroxyl groups excluding tert-OH is 3. The smallest absolute Gasteiger partial charge is 0.240 e. The number of thiol groups is 1. The number of hydrogen-bond acceptors (Lipinski definition) is 10. The van der Waals surface area contributed by atoms with E-state index in [9.17, 15) is 24.9 Å². The first-order valence-electron chi connectivity index (χ1n) is 24.6. The number of nitrogens with zero attached hydrogens (tertiary/aromatic N) is 2. The van der Waals surface area contributed by atoms with Gasteiger partial charge in [-0.15, -0.1) is 0 Å². The van der Waals surface area contributed by atoms with Crippen molar-refractivity contribution in [1.29, 1.82) is 0 Å². The second kappa shape index (κ2) is 30.2. The maximum atomic E-state index is 15.5. The summed E-state index contributed by atoms with van der Waals surface area (Å²) in [5, 5.41) is 39.8. The van der Waals surface area contributed by atoms with Crippen molar-refractivity contribution < 1.29 is 34.5 Å². The molecule has 0 fully saturated rings. The van der Waals surface area contributed by atoms with Crippen molar-refractivity contribution in [3.05, 3.63) is 83.9 Å². The first-order valence-corrected chi connectivity index (χ1v) is 25.1. The third-order valence-corrected chi connectivity index (χ3v) is 13.5. The lowest BCUT2D eigenvalue weighted by Gasteiger charge is -2.37. The van der Waals surface area contributed by atoms with Crippen molar-refractivity contribution in [2.75, 3.05) is 28.2 Å². The maximum absolute atomic E-state index is 15.5. The highest BCUT2D eigenvalue weighted by Gasteiger charge is 2.43. The minimum Gasteiger partial charge on any atom is -0.393 e. The van der Waals surface area contributed by atoms with Crippen molar-refractivity contribution in [1.82, 2.24) is 20.4 Å². The molecule has 12 atom stereocenters. The van der Waals surface area contributed by atoms with Gasteiger partial charge < -0.3 is 35.8 Å². The molecule has 0 heterocycles. The first kappa shape index (κ1) is 58.7. The third kappa shape index (κ3) is 20.1. The van der Waals surface area contributed by atoms with Gasteiger partial charge >= 0.3 is 0 Å². The highest BCUT2D eigenvalue weighted by Crippen LogP contribution is 2.31. The van der Waals surface area contributed by atoms with Crippen molar-refractivity contribution in [3.8, 4) is 0 Å². The van der Waals surface area contributed by atoms with Crippen LogP contribution < -0.4 is 10.6 Å². The van der Waals surface area contributed by atoms with Gasteiger partial charge in [-0.1, -0.05) is 109 Å². The average Bonchev–Trinajstić information content (AvgIpc) is 3.28. The Morgan fingerprint density at radius 1 is 0.606 bits per heavy atom. The van der Waals surface area contributed by atoms with E-state index in [1.165, 1.54) is 9.80 Å². The third-order valence-electron chi connectivity index (χ3n) is 13.3. The summed E-state index contributed by atoms with van der Waals surface area (Å²) in [5.41, 5.74) is 1.73. The van der Waals surface area contributed by atoms with E-state index in [1.54, 1.807) is 35.1 Å². The molecular weight excluding hydrogens is 849 g/mol. The molecule has 11 nitrogen and oxygen atoms in total. The van der Waals surface area contributed by atoms with E-state index in [4.69, 9.17) is 0 Å². The van der Waals surface area contributed by atoms with E-state index < -0.39 is 60.0 Å². The van der Waals surface area contributed by atoms with Gasteiger partial charge in [-0.2, -0.15) is 12.6 Å². The van der Waals surface area contributed by atoms with E-state index in [1.807, 2.05) is 95.3 Å². The van der Waals surface area contributed by atoms with E-state index in [0.717, 1.165) is 24.0 Å². The van der Waals surface area contributed by atoms with Gasteiger partial charge in [0.05, 0.1) is 48.4 Å². The van der Waals surface area contributed by atoms with Gasteiger partial charge in [0.2, 0.25) is 11.8 Å². The van der Waals surface area contributed by atoms with Crippen LogP contribution in [0.4, 0.5) is 0 Å². The summed E-state index contributed by atoms with van der Waals surface area (Å²) in [6, 6.07) is 15.9. The van der Waals surface area contributed by atoms with Crippen molar-refractivity contribution in [2.24, 2.45) is 29.6 Å². The van der Waals surface area contributed by atoms with Crippen LogP contribution in [0.25, 0.3) is 0 Å². The zero-order valence-electron chi connectivity index (χ0n) is 42.3. The highest BCUT2D eigenvalue weighted by molar-refractivity contribution is 7.80. The SMILES string of the molecule is C=C(C(=O)[C@H](CC(C)CCC(C)S)N(C)C(=O)[C@H](CC(C)C)NC)C(C(=O)[C@H](CC(C)CCC(C)O)N(C)C(=O)[C@H](CC(C)CCC(O)Cc1ccccc1)NC)C(O)Cc1ccccc1. The molecule has 0 aliphatic heterocycles. The molecule has 0 bridgehead atoms. The number of benzene rings is 2. The van der Waals surface area contributed by atoms with Crippen LogP contribution in [-0.2, 0) is 32.0 Å². The Morgan fingerprint density at radius 3 is 1.53 bits per heavy atom. The quantitative estimate of drug-likeness (QED) is 0.0315. The molecular formula is C54H88N4O7S. The van der Waals surface area contributed by atoms with Crippen molar-refractivity contribution >= 4 is 36.0 Å². The second-order valence-electron chi connectivity index (χ2n) is 20.1. The van der Waals surface area contributed by atoms with Gasteiger partial charge in [-0.3, -0.25) is 19.2 Å². The van der Waals surface area contributed by atoms with Crippen LogP contribution in [0.15, 0.2) is 72.8 Å². The normalized spacial score (nSPS) is 17.3. The minimum atomic E-state index is -1.41. The number of likely N-dealkylation sites (N-methyl/N-ethyl adjacent to an activating group) is 4. The molecule has 2 aromatic carbocycles.